The van der Waals surface area contributed by atoms with Gasteiger partial charge in [0, 0.05) is 24.8 Å². The summed E-state index contributed by atoms with van der Waals surface area (Å²) in [6, 6.07) is 0. The molecule has 0 amide bonds. The van der Waals surface area contributed by atoms with Gasteiger partial charge in [-0.05, 0) is 26.7 Å². The number of anilines is 1. The molecule has 5 heteroatoms. The summed E-state index contributed by atoms with van der Waals surface area (Å²) in [6.07, 6.45) is 3.93. The van der Waals surface area contributed by atoms with Crippen LogP contribution in [-0.4, -0.2) is 34.1 Å². The lowest BCUT2D eigenvalue weighted by molar-refractivity contribution is -0.138. The van der Waals surface area contributed by atoms with Crippen molar-refractivity contribution in [2.24, 2.45) is 0 Å². The van der Waals surface area contributed by atoms with E-state index in [2.05, 4.69) is 14.9 Å². The van der Waals surface area contributed by atoms with E-state index >= 15 is 0 Å². The topological polar surface area (TPSA) is 66.3 Å². The fourth-order valence-corrected chi connectivity index (χ4v) is 2.09. The fourth-order valence-electron chi connectivity index (χ4n) is 2.09. The monoisotopic (exact) mass is 235 g/mol. The fraction of sp³-hybridized carbons (Fsp3) is 0.583. The van der Waals surface area contributed by atoms with Crippen LogP contribution in [0.5, 0.6) is 0 Å². The Morgan fingerprint density at radius 3 is 2.71 bits per heavy atom. The van der Waals surface area contributed by atoms with Crippen molar-refractivity contribution >= 4 is 11.8 Å². The average Bonchev–Trinajstić information content (AvgIpc) is 2.81. The highest BCUT2D eigenvalue weighted by Gasteiger charge is 2.24. The number of carboxylic acids is 1. The minimum absolute atomic E-state index is 0.564. The van der Waals surface area contributed by atoms with Crippen LogP contribution in [0, 0.1) is 6.92 Å². The molecule has 0 saturated carbocycles. The maximum Gasteiger partial charge on any atom is 0.310 e. The molecule has 1 unspecified atom stereocenters. The molecule has 1 N–H and O–H groups in total. The molecule has 1 fully saturated rings. The van der Waals surface area contributed by atoms with Gasteiger partial charge in [-0.1, -0.05) is 0 Å². The van der Waals surface area contributed by atoms with Gasteiger partial charge in [-0.3, -0.25) is 4.79 Å². The summed E-state index contributed by atoms with van der Waals surface area (Å²) in [6.45, 7) is 5.41. The second-order valence-corrected chi connectivity index (χ2v) is 4.45. The number of aryl methyl sites for hydroxylation is 1. The molecule has 0 bridgehead atoms. The van der Waals surface area contributed by atoms with Crippen molar-refractivity contribution in [3.05, 3.63) is 17.6 Å². The summed E-state index contributed by atoms with van der Waals surface area (Å²) in [5.74, 6) is 0.0854. The van der Waals surface area contributed by atoms with Gasteiger partial charge in [0.1, 0.15) is 11.6 Å². The van der Waals surface area contributed by atoms with Crippen LogP contribution in [0.25, 0.3) is 0 Å². The third kappa shape index (κ3) is 2.38. The van der Waals surface area contributed by atoms with Crippen molar-refractivity contribution in [3.8, 4) is 0 Å². The molecule has 1 aromatic rings. The molecule has 1 aliphatic rings. The maximum atomic E-state index is 11.1. The van der Waals surface area contributed by atoms with E-state index in [0.29, 0.717) is 11.4 Å². The molecule has 1 aliphatic heterocycles. The van der Waals surface area contributed by atoms with E-state index in [0.717, 1.165) is 31.7 Å². The predicted molar refractivity (Wildman–Crippen MR) is 64.3 cm³/mol. The highest BCUT2D eigenvalue weighted by atomic mass is 16.4. The summed E-state index contributed by atoms with van der Waals surface area (Å²) in [7, 11) is 0. The number of hydrogen-bond acceptors (Lipinski definition) is 4. The Bertz CT molecular complexity index is 428. The first kappa shape index (κ1) is 11.8. The first-order valence-electron chi connectivity index (χ1n) is 5.91. The Kier molecular flexibility index (Phi) is 3.26. The maximum absolute atomic E-state index is 11.1. The van der Waals surface area contributed by atoms with Gasteiger partial charge >= 0.3 is 5.97 Å². The van der Waals surface area contributed by atoms with Crippen molar-refractivity contribution in [1.29, 1.82) is 0 Å². The van der Waals surface area contributed by atoms with E-state index in [4.69, 9.17) is 5.11 Å². The standard InChI is InChI=1S/C12H17N3O2/c1-8(12(16)17)10-7-13-9(2)14-11(10)15-5-3-4-6-15/h7-8H,3-6H2,1-2H3,(H,16,17). The van der Waals surface area contributed by atoms with E-state index in [1.807, 2.05) is 6.92 Å². The third-order valence-corrected chi connectivity index (χ3v) is 3.16. The lowest BCUT2D eigenvalue weighted by Crippen LogP contribution is -2.23. The van der Waals surface area contributed by atoms with Crippen molar-refractivity contribution in [2.45, 2.75) is 32.6 Å². The molecule has 0 aromatic carbocycles. The molecule has 0 spiro atoms. The SMILES string of the molecule is Cc1ncc(C(C)C(=O)O)c(N2CCCC2)n1. The number of hydrogen-bond donors (Lipinski definition) is 1. The zero-order chi connectivity index (χ0) is 12.4. The molecular weight excluding hydrogens is 218 g/mol. The van der Waals surface area contributed by atoms with Crippen LogP contribution in [0.4, 0.5) is 5.82 Å². The van der Waals surface area contributed by atoms with Crippen LogP contribution >= 0.6 is 0 Å². The Morgan fingerprint density at radius 2 is 2.12 bits per heavy atom. The smallest absolute Gasteiger partial charge is 0.310 e. The molecule has 0 radical (unpaired) electrons. The highest BCUT2D eigenvalue weighted by molar-refractivity contribution is 5.77. The summed E-state index contributed by atoms with van der Waals surface area (Å²) < 4.78 is 0. The Morgan fingerprint density at radius 1 is 1.47 bits per heavy atom. The van der Waals surface area contributed by atoms with Gasteiger partial charge in [-0.15, -0.1) is 0 Å². The van der Waals surface area contributed by atoms with Gasteiger partial charge in [0.15, 0.2) is 0 Å². The number of carboxylic acid groups (broad SMARTS) is 1. The Balaban J connectivity index is 2.39. The van der Waals surface area contributed by atoms with Crippen molar-refractivity contribution < 1.29 is 9.90 Å². The molecule has 92 valence electrons. The molecule has 2 rings (SSSR count). The molecular formula is C12H17N3O2. The first-order valence-corrected chi connectivity index (χ1v) is 5.91. The van der Waals surface area contributed by atoms with Crippen LogP contribution < -0.4 is 4.90 Å². The molecule has 1 atom stereocenters. The van der Waals surface area contributed by atoms with Crippen LogP contribution in [0.2, 0.25) is 0 Å². The second kappa shape index (κ2) is 4.69. The van der Waals surface area contributed by atoms with Gasteiger partial charge in [0.2, 0.25) is 0 Å². The van der Waals surface area contributed by atoms with Crippen LogP contribution in [-0.2, 0) is 4.79 Å². The Labute approximate surface area is 100 Å². The lowest BCUT2D eigenvalue weighted by atomic mass is 10.0. The summed E-state index contributed by atoms with van der Waals surface area (Å²) in [5, 5.41) is 9.10. The van der Waals surface area contributed by atoms with E-state index in [1.54, 1.807) is 13.1 Å². The number of nitrogens with zero attached hydrogens (tertiary/aromatic N) is 3. The number of carbonyl (C=O) groups is 1. The van der Waals surface area contributed by atoms with Crippen molar-refractivity contribution in [1.82, 2.24) is 9.97 Å². The van der Waals surface area contributed by atoms with Crippen LogP contribution in [0.3, 0.4) is 0 Å². The van der Waals surface area contributed by atoms with Crippen LogP contribution in [0.15, 0.2) is 6.20 Å². The molecule has 1 saturated heterocycles. The van der Waals surface area contributed by atoms with Gasteiger partial charge in [0.05, 0.1) is 5.92 Å². The Hall–Kier alpha value is -1.65. The lowest BCUT2D eigenvalue weighted by Gasteiger charge is -2.21. The molecule has 1 aromatic heterocycles. The quantitative estimate of drug-likeness (QED) is 0.861. The van der Waals surface area contributed by atoms with Crippen LogP contribution in [0.1, 0.15) is 37.1 Å². The minimum Gasteiger partial charge on any atom is -0.481 e. The molecule has 0 aliphatic carbocycles. The van der Waals surface area contributed by atoms with E-state index in [-0.39, 0.29) is 0 Å². The third-order valence-electron chi connectivity index (χ3n) is 3.16. The first-order chi connectivity index (χ1) is 8.09. The number of aromatic nitrogens is 2. The average molecular weight is 235 g/mol. The molecule has 5 nitrogen and oxygen atoms in total. The van der Waals surface area contributed by atoms with Gasteiger partial charge in [-0.2, -0.15) is 0 Å². The summed E-state index contributed by atoms with van der Waals surface area (Å²) in [5.41, 5.74) is 0.713. The summed E-state index contributed by atoms with van der Waals surface area (Å²) in [4.78, 5) is 21.8. The van der Waals surface area contributed by atoms with Gasteiger partial charge in [-0.25, -0.2) is 9.97 Å². The zero-order valence-electron chi connectivity index (χ0n) is 10.2. The normalized spacial score (nSPS) is 17.2. The predicted octanol–water partition coefficient (Wildman–Crippen LogP) is 1.57. The highest BCUT2D eigenvalue weighted by Crippen LogP contribution is 2.27. The molecule has 17 heavy (non-hydrogen) atoms. The minimum atomic E-state index is -0.835. The van der Waals surface area contributed by atoms with Gasteiger partial charge in [0.25, 0.3) is 0 Å². The number of rotatable bonds is 3. The largest absolute Gasteiger partial charge is 0.481 e. The van der Waals surface area contributed by atoms with E-state index in [1.165, 1.54) is 0 Å². The van der Waals surface area contributed by atoms with E-state index in [9.17, 15) is 4.79 Å². The molecule has 2 heterocycles. The number of aliphatic carboxylic acids is 1. The summed E-state index contributed by atoms with van der Waals surface area (Å²) >= 11 is 0. The zero-order valence-corrected chi connectivity index (χ0v) is 10.2. The van der Waals surface area contributed by atoms with Gasteiger partial charge < -0.3 is 10.0 Å². The van der Waals surface area contributed by atoms with Crippen molar-refractivity contribution in [2.75, 3.05) is 18.0 Å². The second-order valence-electron chi connectivity index (χ2n) is 4.45. The van der Waals surface area contributed by atoms with E-state index < -0.39 is 11.9 Å². The van der Waals surface area contributed by atoms with Crippen molar-refractivity contribution in [3.63, 3.8) is 0 Å².